The van der Waals surface area contributed by atoms with E-state index in [0.29, 0.717) is 5.69 Å². The fourth-order valence-electron chi connectivity index (χ4n) is 2.83. The van der Waals surface area contributed by atoms with Gasteiger partial charge in [0.1, 0.15) is 5.01 Å². The molecular formula is C22H22N2O3S. The van der Waals surface area contributed by atoms with E-state index in [-0.39, 0.29) is 18.2 Å². The highest BCUT2D eigenvalue weighted by Crippen LogP contribution is 2.24. The number of aromatic nitrogens is 1. The van der Waals surface area contributed by atoms with E-state index >= 15 is 0 Å². The Kier molecular flexibility index (Phi) is 6.21. The number of hydrogen-bond donors (Lipinski definition) is 1. The van der Waals surface area contributed by atoms with Crippen molar-refractivity contribution in [2.45, 2.75) is 27.2 Å². The summed E-state index contributed by atoms with van der Waals surface area (Å²) in [5.41, 5.74) is 5.19. The number of hydrogen-bond acceptors (Lipinski definition) is 5. The molecule has 3 aromatic rings. The number of thiazole rings is 1. The molecule has 0 aliphatic rings. The van der Waals surface area contributed by atoms with E-state index in [4.69, 9.17) is 4.74 Å². The molecule has 1 N–H and O–H groups in total. The van der Waals surface area contributed by atoms with Gasteiger partial charge in [-0.3, -0.25) is 4.79 Å². The quantitative estimate of drug-likeness (QED) is 0.611. The monoisotopic (exact) mass is 394 g/mol. The number of anilines is 1. The van der Waals surface area contributed by atoms with Gasteiger partial charge >= 0.3 is 5.97 Å². The topological polar surface area (TPSA) is 68.3 Å². The van der Waals surface area contributed by atoms with Crippen molar-refractivity contribution in [2.75, 3.05) is 11.9 Å². The van der Waals surface area contributed by atoms with Crippen molar-refractivity contribution in [3.05, 3.63) is 70.2 Å². The van der Waals surface area contributed by atoms with Crippen molar-refractivity contribution < 1.29 is 14.3 Å². The van der Waals surface area contributed by atoms with Crippen LogP contribution in [-0.4, -0.2) is 23.5 Å². The molecule has 28 heavy (non-hydrogen) atoms. The molecule has 0 bridgehead atoms. The lowest BCUT2D eigenvalue weighted by atomic mass is 10.1. The van der Waals surface area contributed by atoms with Crippen LogP contribution in [0, 0.1) is 13.8 Å². The lowest BCUT2D eigenvalue weighted by Crippen LogP contribution is -2.21. The summed E-state index contributed by atoms with van der Waals surface area (Å²) >= 11 is 1.37. The molecule has 0 saturated heterocycles. The number of rotatable bonds is 6. The molecule has 144 valence electrons. The second kappa shape index (κ2) is 8.80. The Balaban J connectivity index is 1.57. The van der Waals surface area contributed by atoms with E-state index in [1.54, 1.807) is 5.38 Å². The molecule has 0 saturated carbocycles. The number of esters is 1. The summed E-state index contributed by atoms with van der Waals surface area (Å²) in [6.45, 7) is 5.66. The first-order chi connectivity index (χ1) is 13.4. The van der Waals surface area contributed by atoms with E-state index in [2.05, 4.69) is 17.2 Å². The van der Waals surface area contributed by atoms with Crippen LogP contribution >= 0.6 is 11.3 Å². The Bertz CT molecular complexity index is 973. The van der Waals surface area contributed by atoms with Gasteiger partial charge in [0, 0.05) is 16.6 Å². The molecule has 3 rings (SSSR count). The lowest BCUT2D eigenvalue weighted by Gasteiger charge is -2.07. The van der Waals surface area contributed by atoms with E-state index in [1.807, 2.05) is 56.3 Å². The van der Waals surface area contributed by atoms with Gasteiger partial charge < -0.3 is 10.1 Å². The lowest BCUT2D eigenvalue weighted by molar-refractivity contribution is -0.119. The van der Waals surface area contributed by atoms with Gasteiger partial charge in [0.2, 0.25) is 0 Å². The Morgan fingerprint density at radius 1 is 1.07 bits per heavy atom. The van der Waals surface area contributed by atoms with Crippen LogP contribution in [0.4, 0.5) is 5.69 Å². The smallest absolute Gasteiger partial charge is 0.358 e. The highest BCUT2D eigenvalue weighted by Gasteiger charge is 2.15. The van der Waals surface area contributed by atoms with Crippen LogP contribution in [0.2, 0.25) is 0 Å². The molecule has 0 unspecified atom stereocenters. The van der Waals surface area contributed by atoms with Gasteiger partial charge in [0.25, 0.3) is 5.91 Å². The summed E-state index contributed by atoms with van der Waals surface area (Å²) in [6.07, 6.45) is 0.972. The molecule has 1 heterocycles. The first-order valence-corrected chi connectivity index (χ1v) is 9.92. The molecule has 0 spiro atoms. The molecule has 0 fully saturated rings. The molecular weight excluding hydrogens is 372 g/mol. The number of aryl methyl sites for hydroxylation is 3. The largest absolute Gasteiger partial charge is 0.451 e. The summed E-state index contributed by atoms with van der Waals surface area (Å²) in [4.78, 5) is 28.6. The first kappa shape index (κ1) is 19.8. The van der Waals surface area contributed by atoms with Gasteiger partial charge in [-0.25, -0.2) is 9.78 Å². The number of benzene rings is 2. The molecule has 2 aromatic carbocycles. The Morgan fingerprint density at radius 2 is 1.75 bits per heavy atom. The second-order valence-corrected chi connectivity index (χ2v) is 7.45. The third kappa shape index (κ3) is 5.04. The van der Waals surface area contributed by atoms with Gasteiger partial charge in [-0.05, 0) is 49.1 Å². The van der Waals surface area contributed by atoms with Crippen molar-refractivity contribution in [3.63, 3.8) is 0 Å². The zero-order valence-electron chi connectivity index (χ0n) is 16.1. The summed E-state index contributed by atoms with van der Waals surface area (Å²) < 4.78 is 5.10. The number of ether oxygens (including phenoxy) is 1. The molecule has 0 aliphatic heterocycles. The van der Waals surface area contributed by atoms with Crippen LogP contribution in [0.15, 0.2) is 47.8 Å². The number of carbonyl (C=O) groups is 2. The number of nitrogens with zero attached hydrogens (tertiary/aromatic N) is 1. The van der Waals surface area contributed by atoms with E-state index in [1.165, 1.54) is 16.9 Å². The van der Waals surface area contributed by atoms with Crippen molar-refractivity contribution in [1.82, 2.24) is 4.98 Å². The molecule has 5 nitrogen and oxygen atoms in total. The highest BCUT2D eigenvalue weighted by molar-refractivity contribution is 7.13. The Labute approximate surface area is 168 Å². The fourth-order valence-corrected chi connectivity index (χ4v) is 3.63. The molecule has 0 aliphatic carbocycles. The normalized spacial score (nSPS) is 10.5. The van der Waals surface area contributed by atoms with Crippen LogP contribution in [-0.2, 0) is 16.0 Å². The summed E-state index contributed by atoms with van der Waals surface area (Å²) in [7, 11) is 0. The number of nitrogens with one attached hydrogen (secondary N) is 1. The first-order valence-electron chi connectivity index (χ1n) is 9.04. The fraction of sp³-hybridized carbons (Fsp3) is 0.227. The maximum Gasteiger partial charge on any atom is 0.358 e. The van der Waals surface area contributed by atoms with Crippen LogP contribution in [0.3, 0.4) is 0 Å². The Hall–Kier alpha value is -2.99. The maximum absolute atomic E-state index is 12.2. The van der Waals surface area contributed by atoms with Gasteiger partial charge in [-0.2, -0.15) is 0 Å². The van der Waals surface area contributed by atoms with Crippen LogP contribution < -0.4 is 5.32 Å². The van der Waals surface area contributed by atoms with Crippen molar-refractivity contribution in [1.29, 1.82) is 0 Å². The van der Waals surface area contributed by atoms with Crippen LogP contribution in [0.25, 0.3) is 10.6 Å². The SMILES string of the molecule is CCc1ccc(-c2nc(C(=O)OCC(=O)Nc3cc(C)cc(C)c3)cs2)cc1. The molecule has 1 amide bonds. The van der Waals surface area contributed by atoms with E-state index in [0.717, 1.165) is 28.1 Å². The zero-order chi connectivity index (χ0) is 20.1. The molecule has 0 atom stereocenters. The number of amides is 1. The molecule has 1 aromatic heterocycles. The van der Waals surface area contributed by atoms with Crippen molar-refractivity contribution in [3.8, 4) is 10.6 Å². The van der Waals surface area contributed by atoms with Gasteiger partial charge in [0.05, 0.1) is 0 Å². The minimum absolute atomic E-state index is 0.207. The standard InChI is InChI=1S/C22H22N2O3S/c1-4-16-5-7-17(8-6-16)21-24-19(13-28-21)22(26)27-12-20(25)23-18-10-14(2)9-15(3)11-18/h5-11,13H,4,12H2,1-3H3,(H,23,25). The predicted molar refractivity (Wildman–Crippen MR) is 112 cm³/mol. The average Bonchev–Trinajstić information content (AvgIpc) is 3.15. The van der Waals surface area contributed by atoms with Gasteiger partial charge in [-0.1, -0.05) is 37.3 Å². The predicted octanol–water partition coefficient (Wildman–Crippen LogP) is 4.78. The third-order valence-electron chi connectivity index (χ3n) is 4.16. The van der Waals surface area contributed by atoms with Crippen LogP contribution in [0.1, 0.15) is 34.1 Å². The second-order valence-electron chi connectivity index (χ2n) is 6.59. The number of carbonyl (C=O) groups excluding carboxylic acids is 2. The maximum atomic E-state index is 12.2. The average molecular weight is 394 g/mol. The molecule has 6 heteroatoms. The third-order valence-corrected chi connectivity index (χ3v) is 5.05. The highest BCUT2D eigenvalue weighted by atomic mass is 32.1. The zero-order valence-corrected chi connectivity index (χ0v) is 16.9. The van der Waals surface area contributed by atoms with Crippen molar-refractivity contribution in [2.24, 2.45) is 0 Å². The van der Waals surface area contributed by atoms with Gasteiger partial charge in [-0.15, -0.1) is 11.3 Å². The Morgan fingerprint density at radius 3 is 2.39 bits per heavy atom. The van der Waals surface area contributed by atoms with Gasteiger partial charge in [0.15, 0.2) is 12.3 Å². The van der Waals surface area contributed by atoms with Crippen LogP contribution in [0.5, 0.6) is 0 Å². The minimum atomic E-state index is -0.608. The van der Waals surface area contributed by atoms with E-state index < -0.39 is 5.97 Å². The summed E-state index contributed by atoms with van der Waals surface area (Å²) in [5.74, 6) is -0.993. The van der Waals surface area contributed by atoms with E-state index in [9.17, 15) is 9.59 Å². The molecule has 0 radical (unpaired) electrons. The minimum Gasteiger partial charge on any atom is -0.451 e. The summed E-state index contributed by atoms with van der Waals surface area (Å²) in [6, 6.07) is 13.8. The summed E-state index contributed by atoms with van der Waals surface area (Å²) in [5, 5.41) is 5.13. The van der Waals surface area contributed by atoms with Crippen molar-refractivity contribution >= 4 is 28.9 Å².